The van der Waals surface area contributed by atoms with Crippen LogP contribution in [0.2, 0.25) is 0 Å². The number of nitrogens with one attached hydrogen (secondary N) is 2. The Labute approximate surface area is 145 Å². The number of hydrogen-bond donors (Lipinski definition) is 2. The molecule has 0 amide bonds. The van der Waals surface area contributed by atoms with Crippen LogP contribution in [0.1, 0.15) is 6.42 Å². The number of rotatable bonds is 4. The summed E-state index contributed by atoms with van der Waals surface area (Å²) >= 11 is 0. The third-order valence-corrected chi connectivity index (χ3v) is 4.05. The molecule has 1 aromatic carbocycles. The second kappa shape index (κ2) is 5.97. The van der Waals surface area contributed by atoms with Gasteiger partial charge in [0.15, 0.2) is 0 Å². The highest BCUT2D eigenvalue weighted by Gasteiger charge is 2.26. The molecule has 10 heteroatoms. The van der Waals surface area contributed by atoms with Gasteiger partial charge in [0.1, 0.15) is 11.2 Å². The summed E-state index contributed by atoms with van der Waals surface area (Å²) in [6.45, 7) is -0.271. The van der Waals surface area contributed by atoms with E-state index in [1.54, 1.807) is 17.1 Å². The maximum Gasteiger partial charge on any atom is 0.390 e. The van der Waals surface area contributed by atoms with Crippen molar-refractivity contribution >= 4 is 28.0 Å². The van der Waals surface area contributed by atoms with E-state index < -0.39 is 12.6 Å². The molecular formula is C16H14F3N7. The lowest BCUT2D eigenvalue weighted by atomic mass is 10.1. The Kier molecular flexibility index (Phi) is 3.74. The van der Waals surface area contributed by atoms with E-state index >= 15 is 0 Å². The number of aromatic nitrogens is 6. The van der Waals surface area contributed by atoms with Crippen LogP contribution < -0.4 is 5.32 Å². The molecule has 26 heavy (non-hydrogen) atoms. The summed E-state index contributed by atoms with van der Waals surface area (Å²) in [5.74, 6) is 0.154. The largest absolute Gasteiger partial charge is 0.390 e. The first-order chi connectivity index (χ1) is 12.4. The zero-order valence-corrected chi connectivity index (χ0v) is 13.7. The number of benzene rings is 1. The summed E-state index contributed by atoms with van der Waals surface area (Å²) in [6, 6.07) is 5.77. The molecule has 7 nitrogen and oxygen atoms in total. The molecule has 3 aromatic heterocycles. The van der Waals surface area contributed by atoms with Crippen LogP contribution in [0.4, 0.5) is 19.1 Å². The maximum atomic E-state index is 12.2. The summed E-state index contributed by atoms with van der Waals surface area (Å²) in [5, 5.41) is 11.4. The van der Waals surface area contributed by atoms with Crippen LogP contribution in [0.3, 0.4) is 0 Å². The maximum absolute atomic E-state index is 12.2. The first-order valence-corrected chi connectivity index (χ1v) is 7.85. The van der Waals surface area contributed by atoms with Crippen LogP contribution in [0.5, 0.6) is 0 Å². The Morgan fingerprint density at radius 1 is 1.27 bits per heavy atom. The van der Waals surface area contributed by atoms with Gasteiger partial charge < -0.3 is 10.3 Å². The molecular weight excluding hydrogens is 347 g/mol. The summed E-state index contributed by atoms with van der Waals surface area (Å²) in [4.78, 5) is 11.4. The monoisotopic (exact) mass is 361 g/mol. The van der Waals surface area contributed by atoms with E-state index in [4.69, 9.17) is 0 Å². The van der Waals surface area contributed by atoms with Crippen molar-refractivity contribution in [2.24, 2.45) is 7.05 Å². The Morgan fingerprint density at radius 3 is 2.92 bits per heavy atom. The summed E-state index contributed by atoms with van der Waals surface area (Å²) in [6.07, 6.45) is -1.77. The predicted molar refractivity (Wildman–Crippen MR) is 90.6 cm³/mol. The quantitative estimate of drug-likeness (QED) is 0.583. The molecule has 0 fully saturated rings. The Balaban J connectivity index is 1.63. The van der Waals surface area contributed by atoms with Crippen molar-refractivity contribution in [1.29, 1.82) is 0 Å². The van der Waals surface area contributed by atoms with Crippen molar-refractivity contribution < 1.29 is 13.2 Å². The van der Waals surface area contributed by atoms with Gasteiger partial charge in [-0.15, -0.1) is 5.10 Å². The van der Waals surface area contributed by atoms with E-state index in [0.717, 1.165) is 27.5 Å². The van der Waals surface area contributed by atoms with Gasteiger partial charge in [-0.3, -0.25) is 0 Å². The van der Waals surface area contributed by atoms with Crippen LogP contribution in [0, 0.1) is 0 Å². The molecule has 2 N–H and O–H groups in total. The SMILES string of the molecule is Cn1nnc2ccc(-c3c[nH]c4nc(NCCC(F)(F)F)ncc34)cc21. The third-order valence-electron chi connectivity index (χ3n) is 4.05. The highest BCUT2D eigenvalue weighted by atomic mass is 19.4. The molecule has 4 aromatic rings. The number of aromatic amines is 1. The van der Waals surface area contributed by atoms with E-state index in [1.165, 1.54) is 0 Å². The molecule has 0 aliphatic heterocycles. The molecule has 134 valence electrons. The van der Waals surface area contributed by atoms with Crippen molar-refractivity contribution in [3.63, 3.8) is 0 Å². The Bertz CT molecular complexity index is 1080. The van der Waals surface area contributed by atoms with Crippen LogP contribution in [-0.2, 0) is 7.05 Å². The fourth-order valence-electron chi connectivity index (χ4n) is 2.75. The van der Waals surface area contributed by atoms with Gasteiger partial charge in [0.25, 0.3) is 0 Å². The lowest BCUT2D eigenvalue weighted by Gasteiger charge is -2.07. The van der Waals surface area contributed by atoms with Crippen LogP contribution in [-0.4, -0.2) is 42.7 Å². The van der Waals surface area contributed by atoms with Crippen LogP contribution in [0.25, 0.3) is 33.2 Å². The molecule has 0 spiro atoms. The van der Waals surface area contributed by atoms with Gasteiger partial charge in [0.05, 0.1) is 11.9 Å². The van der Waals surface area contributed by atoms with Gasteiger partial charge in [0.2, 0.25) is 5.95 Å². The van der Waals surface area contributed by atoms with E-state index in [2.05, 4.69) is 30.6 Å². The molecule has 0 atom stereocenters. The Hall–Kier alpha value is -3.17. The van der Waals surface area contributed by atoms with Crippen molar-refractivity contribution in [1.82, 2.24) is 29.9 Å². The van der Waals surface area contributed by atoms with E-state index in [1.807, 2.05) is 25.2 Å². The molecule has 0 bridgehead atoms. The molecule has 4 rings (SSSR count). The summed E-state index contributed by atoms with van der Waals surface area (Å²) < 4.78 is 38.3. The number of anilines is 1. The minimum atomic E-state index is -4.21. The van der Waals surface area contributed by atoms with Crippen molar-refractivity contribution in [2.45, 2.75) is 12.6 Å². The molecule has 0 aliphatic rings. The number of nitrogens with zero attached hydrogens (tertiary/aromatic N) is 5. The van der Waals surface area contributed by atoms with E-state index in [-0.39, 0.29) is 12.5 Å². The molecule has 0 aliphatic carbocycles. The highest BCUT2D eigenvalue weighted by Crippen LogP contribution is 2.29. The molecule has 0 saturated heterocycles. The zero-order valence-electron chi connectivity index (χ0n) is 13.7. The van der Waals surface area contributed by atoms with Gasteiger partial charge in [-0.25, -0.2) is 9.67 Å². The van der Waals surface area contributed by atoms with Crippen molar-refractivity contribution in [3.05, 3.63) is 30.6 Å². The molecule has 3 heterocycles. The lowest BCUT2D eigenvalue weighted by molar-refractivity contribution is -0.131. The van der Waals surface area contributed by atoms with Gasteiger partial charge >= 0.3 is 6.18 Å². The zero-order chi connectivity index (χ0) is 18.3. The predicted octanol–water partition coefficient (Wildman–Crippen LogP) is 3.27. The van der Waals surface area contributed by atoms with E-state index in [9.17, 15) is 13.2 Å². The average molecular weight is 361 g/mol. The summed E-state index contributed by atoms with van der Waals surface area (Å²) in [5.41, 5.74) is 4.07. The van der Waals surface area contributed by atoms with E-state index in [0.29, 0.717) is 5.65 Å². The first kappa shape index (κ1) is 16.3. The van der Waals surface area contributed by atoms with Crippen molar-refractivity contribution in [2.75, 3.05) is 11.9 Å². The fourth-order valence-corrected chi connectivity index (χ4v) is 2.75. The van der Waals surface area contributed by atoms with Gasteiger partial charge in [-0.05, 0) is 17.7 Å². The standard InChI is InChI=1S/C16H14F3N7/c1-26-13-6-9(2-3-12(13)24-25-26)10-7-21-14-11(10)8-22-15(23-14)20-5-4-16(17,18)19/h2-3,6-8H,4-5H2,1H3,(H2,20,21,22,23). The smallest absolute Gasteiger partial charge is 0.354 e. The number of hydrogen-bond acceptors (Lipinski definition) is 5. The minimum Gasteiger partial charge on any atom is -0.354 e. The number of H-pyrrole nitrogens is 1. The lowest BCUT2D eigenvalue weighted by Crippen LogP contribution is -2.15. The second-order valence-corrected chi connectivity index (χ2v) is 5.87. The summed E-state index contributed by atoms with van der Waals surface area (Å²) in [7, 11) is 1.82. The van der Waals surface area contributed by atoms with Gasteiger partial charge in [0, 0.05) is 36.9 Å². The molecule has 0 radical (unpaired) electrons. The number of halogens is 3. The number of aryl methyl sites for hydroxylation is 1. The van der Waals surface area contributed by atoms with Crippen molar-refractivity contribution in [3.8, 4) is 11.1 Å². The van der Waals surface area contributed by atoms with Gasteiger partial charge in [-0.2, -0.15) is 18.2 Å². The van der Waals surface area contributed by atoms with Crippen LogP contribution in [0.15, 0.2) is 30.6 Å². The second-order valence-electron chi connectivity index (χ2n) is 5.87. The molecule has 0 unspecified atom stereocenters. The highest BCUT2D eigenvalue weighted by molar-refractivity contribution is 5.95. The number of alkyl halides is 3. The van der Waals surface area contributed by atoms with Gasteiger partial charge in [-0.1, -0.05) is 11.3 Å². The average Bonchev–Trinajstić information content (AvgIpc) is 3.17. The first-order valence-electron chi connectivity index (χ1n) is 7.85. The Morgan fingerprint density at radius 2 is 2.12 bits per heavy atom. The number of fused-ring (bicyclic) bond motifs is 2. The third kappa shape index (κ3) is 3.05. The minimum absolute atomic E-state index is 0.154. The normalized spacial score (nSPS) is 12.2. The van der Waals surface area contributed by atoms with Crippen LogP contribution >= 0.6 is 0 Å². The topological polar surface area (TPSA) is 84.3 Å². The molecule has 0 saturated carbocycles. The fraction of sp³-hybridized carbons (Fsp3) is 0.250.